The molecule has 9 nitrogen and oxygen atoms in total. The second-order valence-electron chi connectivity index (χ2n) is 5.85. The molecule has 0 bridgehead atoms. The first-order valence-corrected chi connectivity index (χ1v) is 8.62. The van der Waals surface area contributed by atoms with Gasteiger partial charge < -0.3 is 0 Å². The lowest BCUT2D eigenvalue weighted by Crippen LogP contribution is -2.46. The Labute approximate surface area is 163 Å². The molecular formula is C16H11N3O6S2. The predicted molar refractivity (Wildman–Crippen MR) is 102 cm³/mol. The highest BCUT2D eigenvalue weighted by atomic mass is 32.1. The molecule has 11 heteroatoms. The molecule has 0 N–H and O–H groups in total. The molecule has 0 aromatic heterocycles. The van der Waals surface area contributed by atoms with Crippen molar-refractivity contribution in [2.24, 2.45) is 0 Å². The summed E-state index contributed by atoms with van der Waals surface area (Å²) in [6.07, 6.45) is 0.236. The van der Waals surface area contributed by atoms with Crippen LogP contribution in [0.5, 0.6) is 0 Å². The highest BCUT2D eigenvalue weighted by Crippen LogP contribution is 2.35. The van der Waals surface area contributed by atoms with Crippen LogP contribution in [0.2, 0.25) is 0 Å². The van der Waals surface area contributed by atoms with Gasteiger partial charge in [-0.1, -0.05) is 24.4 Å². The van der Waals surface area contributed by atoms with Crippen molar-refractivity contribution in [3.8, 4) is 0 Å². The van der Waals surface area contributed by atoms with E-state index >= 15 is 0 Å². The Bertz CT molecular complexity index is 957. The predicted octanol–water partition coefficient (Wildman–Crippen LogP) is 1.64. The monoisotopic (exact) mass is 405 g/mol. The van der Waals surface area contributed by atoms with Gasteiger partial charge in [-0.15, -0.1) is 0 Å². The second-order valence-corrected chi connectivity index (χ2v) is 6.83. The minimum absolute atomic E-state index is 0.000269. The SMILES string of the molecule is O=C1CCC(=S)C(=O)N1c1ccc(N2C(=O)CCC(=S)C2=O)c([N+](=O)[O-])c1. The number of thiocarbonyl (C=S) groups is 2. The molecule has 0 spiro atoms. The van der Waals surface area contributed by atoms with Gasteiger partial charge >= 0.3 is 0 Å². The van der Waals surface area contributed by atoms with Gasteiger partial charge in [-0.25, -0.2) is 9.80 Å². The van der Waals surface area contributed by atoms with Crippen LogP contribution in [-0.4, -0.2) is 38.3 Å². The number of imide groups is 2. The molecule has 2 heterocycles. The van der Waals surface area contributed by atoms with Crippen molar-refractivity contribution in [3.05, 3.63) is 28.3 Å². The highest BCUT2D eigenvalue weighted by Gasteiger charge is 2.37. The average molecular weight is 405 g/mol. The van der Waals surface area contributed by atoms with E-state index in [0.717, 1.165) is 17.0 Å². The van der Waals surface area contributed by atoms with Gasteiger partial charge in [0.15, 0.2) is 0 Å². The summed E-state index contributed by atoms with van der Waals surface area (Å²) in [5.74, 6) is -2.66. The molecular weight excluding hydrogens is 394 g/mol. The molecule has 0 aliphatic carbocycles. The Balaban J connectivity index is 2.10. The summed E-state index contributed by atoms with van der Waals surface area (Å²) in [6.45, 7) is 0. The van der Waals surface area contributed by atoms with E-state index in [1.165, 1.54) is 6.07 Å². The first kappa shape index (κ1) is 18.9. The normalized spacial score (nSPS) is 18.4. The van der Waals surface area contributed by atoms with Gasteiger partial charge in [0.25, 0.3) is 17.5 Å². The van der Waals surface area contributed by atoms with Crippen LogP contribution in [-0.2, 0) is 19.2 Å². The lowest BCUT2D eigenvalue weighted by molar-refractivity contribution is -0.384. The number of nitrogens with zero attached hydrogens (tertiary/aromatic N) is 3. The number of carbonyl (C=O) groups excluding carboxylic acids is 4. The fourth-order valence-electron chi connectivity index (χ4n) is 2.85. The fourth-order valence-corrected chi connectivity index (χ4v) is 3.23. The van der Waals surface area contributed by atoms with Crippen LogP contribution < -0.4 is 9.80 Å². The molecule has 138 valence electrons. The number of benzene rings is 1. The minimum Gasteiger partial charge on any atom is -0.274 e. The van der Waals surface area contributed by atoms with Crippen molar-refractivity contribution in [2.45, 2.75) is 25.7 Å². The van der Waals surface area contributed by atoms with E-state index < -0.39 is 34.2 Å². The maximum absolute atomic E-state index is 12.3. The number of hydrogen-bond donors (Lipinski definition) is 0. The molecule has 4 amide bonds. The van der Waals surface area contributed by atoms with E-state index in [9.17, 15) is 29.3 Å². The van der Waals surface area contributed by atoms with Gasteiger partial charge in [0.05, 0.1) is 20.3 Å². The Kier molecular flexibility index (Phi) is 4.89. The zero-order valence-electron chi connectivity index (χ0n) is 13.7. The van der Waals surface area contributed by atoms with Gasteiger partial charge in [0.1, 0.15) is 5.69 Å². The second kappa shape index (κ2) is 7.00. The standard InChI is InChI=1S/C16H11N3O6S2/c20-13-5-3-11(26)15(22)17(13)8-1-2-9(10(7-8)19(24)25)18-14(21)6-4-12(27)16(18)23/h1-2,7H,3-6H2. The summed E-state index contributed by atoms with van der Waals surface area (Å²) >= 11 is 9.84. The molecule has 0 saturated carbocycles. The maximum atomic E-state index is 12.3. The van der Waals surface area contributed by atoms with Crippen LogP contribution in [0.3, 0.4) is 0 Å². The van der Waals surface area contributed by atoms with Crippen molar-refractivity contribution >= 4 is 74.9 Å². The molecule has 2 saturated heterocycles. The topological polar surface area (TPSA) is 118 Å². The number of carbonyl (C=O) groups is 4. The van der Waals surface area contributed by atoms with E-state index in [0.29, 0.717) is 4.90 Å². The van der Waals surface area contributed by atoms with Crippen molar-refractivity contribution < 1.29 is 24.1 Å². The first-order chi connectivity index (χ1) is 12.7. The van der Waals surface area contributed by atoms with E-state index in [1.807, 2.05) is 0 Å². The molecule has 1 aromatic rings. The quantitative estimate of drug-likeness (QED) is 0.322. The number of amides is 4. The van der Waals surface area contributed by atoms with Gasteiger partial charge in [-0.2, -0.15) is 0 Å². The van der Waals surface area contributed by atoms with Gasteiger partial charge in [-0.05, 0) is 25.0 Å². The highest BCUT2D eigenvalue weighted by molar-refractivity contribution is 7.82. The van der Waals surface area contributed by atoms with Crippen LogP contribution in [0.4, 0.5) is 17.1 Å². The summed E-state index contributed by atoms with van der Waals surface area (Å²) in [6, 6.07) is 3.37. The molecule has 2 aliphatic heterocycles. The summed E-state index contributed by atoms with van der Waals surface area (Å²) in [5.41, 5.74) is -0.918. The van der Waals surface area contributed by atoms with Crippen molar-refractivity contribution in [1.82, 2.24) is 0 Å². The third kappa shape index (κ3) is 3.26. The Morgan fingerprint density at radius 2 is 1.37 bits per heavy atom. The lowest BCUT2D eigenvalue weighted by Gasteiger charge is -2.27. The summed E-state index contributed by atoms with van der Waals surface area (Å²) in [4.78, 5) is 60.9. The van der Waals surface area contributed by atoms with Crippen LogP contribution in [0.15, 0.2) is 18.2 Å². The lowest BCUT2D eigenvalue weighted by atomic mass is 10.1. The van der Waals surface area contributed by atoms with E-state index in [2.05, 4.69) is 0 Å². The largest absolute Gasteiger partial charge is 0.295 e. The molecule has 27 heavy (non-hydrogen) atoms. The Hall–Kier alpha value is -2.92. The molecule has 3 rings (SSSR count). The first-order valence-electron chi connectivity index (χ1n) is 7.81. The zero-order chi connectivity index (χ0) is 19.9. The van der Waals surface area contributed by atoms with E-state index in [-0.39, 0.29) is 46.8 Å². The minimum atomic E-state index is -0.797. The van der Waals surface area contributed by atoms with Crippen LogP contribution in [0.25, 0.3) is 0 Å². The fraction of sp³-hybridized carbons (Fsp3) is 0.250. The van der Waals surface area contributed by atoms with Gasteiger partial charge in [0.2, 0.25) is 11.8 Å². The zero-order valence-corrected chi connectivity index (χ0v) is 15.3. The molecule has 0 atom stereocenters. The maximum Gasteiger partial charge on any atom is 0.295 e. The van der Waals surface area contributed by atoms with Crippen molar-refractivity contribution in [1.29, 1.82) is 0 Å². The number of nitro groups is 1. The van der Waals surface area contributed by atoms with Crippen LogP contribution in [0, 0.1) is 10.1 Å². The number of hydrogen-bond acceptors (Lipinski definition) is 8. The van der Waals surface area contributed by atoms with Gasteiger partial charge in [-0.3, -0.25) is 29.3 Å². The van der Waals surface area contributed by atoms with Crippen LogP contribution in [0.1, 0.15) is 25.7 Å². The average Bonchev–Trinajstić information content (AvgIpc) is 2.62. The smallest absolute Gasteiger partial charge is 0.274 e. The number of piperidine rings is 2. The van der Waals surface area contributed by atoms with E-state index in [1.54, 1.807) is 0 Å². The molecule has 0 radical (unpaired) electrons. The Morgan fingerprint density at radius 3 is 1.93 bits per heavy atom. The molecule has 1 aromatic carbocycles. The molecule has 2 fully saturated rings. The van der Waals surface area contributed by atoms with E-state index in [4.69, 9.17) is 24.4 Å². The Morgan fingerprint density at radius 1 is 0.852 bits per heavy atom. The third-order valence-corrected chi connectivity index (χ3v) is 4.93. The van der Waals surface area contributed by atoms with Gasteiger partial charge in [0, 0.05) is 18.9 Å². The molecule has 0 unspecified atom stereocenters. The summed E-state index contributed by atoms with van der Waals surface area (Å²) in [5, 5.41) is 11.5. The number of anilines is 2. The van der Waals surface area contributed by atoms with Crippen LogP contribution >= 0.6 is 24.4 Å². The van der Waals surface area contributed by atoms with Crippen molar-refractivity contribution in [2.75, 3.05) is 9.80 Å². The summed E-state index contributed by atoms with van der Waals surface area (Å²) < 4.78 is 0. The number of nitro benzene ring substituents is 1. The number of rotatable bonds is 3. The summed E-state index contributed by atoms with van der Waals surface area (Å²) in [7, 11) is 0. The van der Waals surface area contributed by atoms with Crippen molar-refractivity contribution in [3.63, 3.8) is 0 Å². The third-order valence-electron chi connectivity index (χ3n) is 4.17. The molecule has 2 aliphatic rings.